The first-order chi connectivity index (χ1) is 14.5. The molecular weight excluding hydrogens is 382 g/mol. The lowest BCUT2D eigenvalue weighted by Gasteiger charge is -2.30. The first-order valence-corrected chi connectivity index (χ1v) is 11.0. The van der Waals surface area contributed by atoms with Crippen LogP contribution in [-0.4, -0.2) is 64.1 Å². The summed E-state index contributed by atoms with van der Waals surface area (Å²) in [5, 5.41) is 12.7. The third-order valence-corrected chi connectivity index (χ3v) is 6.98. The van der Waals surface area contributed by atoms with Crippen molar-refractivity contribution in [1.82, 2.24) is 15.1 Å². The molecule has 4 atom stereocenters. The molecule has 1 aliphatic carbocycles. The lowest BCUT2D eigenvalue weighted by atomic mass is 10.0. The number of nitrogens with one attached hydrogen (secondary N) is 1. The van der Waals surface area contributed by atoms with Crippen LogP contribution in [0.1, 0.15) is 54.4 Å². The van der Waals surface area contributed by atoms with Crippen LogP contribution in [0.2, 0.25) is 0 Å². The molecule has 160 valence electrons. The number of ether oxygens (including phenoxy) is 1. The molecular formula is C23H29N3O4. The van der Waals surface area contributed by atoms with Gasteiger partial charge >= 0.3 is 0 Å². The second-order valence-corrected chi connectivity index (χ2v) is 8.99. The summed E-state index contributed by atoms with van der Waals surface area (Å²) in [5.41, 5.74) is 2.29. The molecule has 2 N–H and O–H groups in total. The summed E-state index contributed by atoms with van der Waals surface area (Å²) in [5.74, 6) is 0.543. The van der Waals surface area contributed by atoms with Crippen molar-refractivity contribution >= 4 is 11.8 Å². The van der Waals surface area contributed by atoms with Crippen molar-refractivity contribution in [3.63, 3.8) is 0 Å². The maximum absolute atomic E-state index is 12.9. The van der Waals surface area contributed by atoms with Gasteiger partial charge in [0, 0.05) is 36.9 Å². The van der Waals surface area contributed by atoms with Crippen molar-refractivity contribution in [1.29, 1.82) is 0 Å². The summed E-state index contributed by atoms with van der Waals surface area (Å²) in [7, 11) is 0. The molecule has 0 aromatic heterocycles. The van der Waals surface area contributed by atoms with Gasteiger partial charge in [0.2, 0.25) is 5.91 Å². The maximum atomic E-state index is 12.9. The fourth-order valence-corrected chi connectivity index (χ4v) is 5.41. The predicted octanol–water partition coefficient (Wildman–Crippen LogP) is 1.80. The molecule has 7 heteroatoms. The van der Waals surface area contributed by atoms with Gasteiger partial charge in [-0.1, -0.05) is 6.58 Å². The third-order valence-electron chi connectivity index (χ3n) is 6.98. The highest BCUT2D eigenvalue weighted by Crippen LogP contribution is 2.34. The molecule has 3 unspecified atom stereocenters. The van der Waals surface area contributed by atoms with Crippen molar-refractivity contribution < 1.29 is 19.4 Å². The van der Waals surface area contributed by atoms with Crippen LogP contribution in [0.25, 0.3) is 0 Å². The summed E-state index contributed by atoms with van der Waals surface area (Å²) >= 11 is 0. The number of benzene rings is 1. The van der Waals surface area contributed by atoms with E-state index in [4.69, 9.17) is 4.74 Å². The van der Waals surface area contributed by atoms with E-state index < -0.39 is 6.04 Å². The Morgan fingerprint density at radius 3 is 2.80 bits per heavy atom. The Hall–Kier alpha value is -2.38. The maximum Gasteiger partial charge on any atom is 0.255 e. The van der Waals surface area contributed by atoms with E-state index in [2.05, 4.69) is 16.8 Å². The van der Waals surface area contributed by atoms with Crippen LogP contribution < -0.4 is 10.1 Å². The number of likely N-dealkylation sites (tertiary alicyclic amines) is 1. The number of carbonyl (C=O) groups is 2. The molecule has 3 heterocycles. The van der Waals surface area contributed by atoms with Crippen molar-refractivity contribution in [3.8, 4) is 5.75 Å². The first-order valence-electron chi connectivity index (χ1n) is 11.0. The van der Waals surface area contributed by atoms with Crippen LogP contribution in [0.5, 0.6) is 5.75 Å². The smallest absolute Gasteiger partial charge is 0.255 e. The number of piperidine rings is 1. The van der Waals surface area contributed by atoms with Gasteiger partial charge in [-0.15, -0.1) is 0 Å². The van der Waals surface area contributed by atoms with Crippen LogP contribution in [0.15, 0.2) is 30.5 Å². The molecule has 1 saturated carbocycles. The number of rotatable bonds is 4. The third kappa shape index (κ3) is 3.50. The highest BCUT2D eigenvalue weighted by molar-refractivity contribution is 6.01. The summed E-state index contributed by atoms with van der Waals surface area (Å²) in [6.45, 7) is 5.90. The number of aliphatic hydroxyl groups excluding tert-OH is 1. The fourth-order valence-electron chi connectivity index (χ4n) is 5.41. The molecule has 1 aromatic rings. The Bertz CT molecular complexity index is 885. The molecule has 2 amide bonds. The minimum atomic E-state index is -0.444. The Morgan fingerprint density at radius 2 is 2.03 bits per heavy atom. The van der Waals surface area contributed by atoms with Crippen LogP contribution >= 0.6 is 0 Å². The molecule has 5 rings (SSSR count). The largest absolute Gasteiger partial charge is 0.489 e. The van der Waals surface area contributed by atoms with E-state index in [1.54, 1.807) is 4.90 Å². The number of fused-ring (bicyclic) bond motifs is 1. The highest BCUT2D eigenvalue weighted by atomic mass is 16.5. The summed E-state index contributed by atoms with van der Waals surface area (Å²) in [6, 6.07) is 5.56. The van der Waals surface area contributed by atoms with Gasteiger partial charge in [0.05, 0.1) is 6.10 Å². The number of nitrogens with zero attached hydrogens (tertiary/aromatic N) is 2. The Kier molecular flexibility index (Phi) is 5.03. The molecule has 4 aliphatic rings. The molecule has 0 spiro atoms. The van der Waals surface area contributed by atoms with Crippen molar-refractivity contribution in [2.75, 3.05) is 13.1 Å². The number of carbonyl (C=O) groups excluding carboxylic acids is 2. The summed E-state index contributed by atoms with van der Waals surface area (Å²) in [4.78, 5) is 29.3. The van der Waals surface area contributed by atoms with Crippen LogP contribution in [0.4, 0.5) is 0 Å². The normalized spacial score (nSPS) is 31.9. The van der Waals surface area contributed by atoms with Gasteiger partial charge in [0.25, 0.3) is 5.91 Å². The minimum absolute atomic E-state index is 0.0889. The standard InChI is InChI=1S/C23H29N3O4/c1-14-5-8-20(22(28)24-14)26-12-15-11-17(6-7-18(15)23(26)29)30-21-4-2-3-19(21)25-10-9-16(27)13-25/h6-7,11,16,19-21,27H,1-5,8-10,12-13H2,(H,24,28)/t16?,19?,20?,21-/m1/s1. The highest BCUT2D eigenvalue weighted by Gasteiger charge is 2.39. The molecule has 0 bridgehead atoms. The van der Waals surface area contributed by atoms with E-state index in [-0.39, 0.29) is 24.0 Å². The van der Waals surface area contributed by atoms with E-state index in [0.717, 1.165) is 50.1 Å². The molecule has 0 radical (unpaired) electrons. The molecule has 2 saturated heterocycles. The zero-order valence-electron chi connectivity index (χ0n) is 17.2. The van der Waals surface area contributed by atoms with Gasteiger partial charge < -0.3 is 20.1 Å². The Morgan fingerprint density at radius 1 is 1.17 bits per heavy atom. The molecule has 7 nitrogen and oxygen atoms in total. The number of β-amino-alcohol motifs (C(OH)–C–C–N with tert-alkyl or cyclic N) is 1. The lowest BCUT2D eigenvalue weighted by molar-refractivity contribution is -0.126. The Labute approximate surface area is 176 Å². The second kappa shape index (κ2) is 7.71. The van der Waals surface area contributed by atoms with Crippen molar-refractivity contribution in [3.05, 3.63) is 41.6 Å². The van der Waals surface area contributed by atoms with Gasteiger partial charge in [0.1, 0.15) is 17.9 Å². The zero-order chi connectivity index (χ0) is 20.8. The van der Waals surface area contributed by atoms with Gasteiger partial charge in [-0.25, -0.2) is 0 Å². The van der Waals surface area contributed by atoms with E-state index in [1.165, 1.54) is 0 Å². The minimum Gasteiger partial charge on any atom is -0.489 e. The van der Waals surface area contributed by atoms with E-state index in [0.29, 0.717) is 36.7 Å². The lowest BCUT2D eigenvalue weighted by Crippen LogP contribution is -2.49. The Balaban J connectivity index is 1.29. The van der Waals surface area contributed by atoms with E-state index in [9.17, 15) is 14.7 Å². The fraction of sp³-hybridized carbons (Fsp3) is 0.565. The van der Waals surface area contributed by atoms with Gasteiger partial charge in [-0.2, -0.15) is 0 Å². The average molecular weight is 412 g/mol. The zero-order valence-corrected chi connectivity index (χ0v) is 17.2. The number of aliphatic hydroxyl groups is 1. The monoisotopic (exact) mass is 411 g/mol. The van der Waals surface area contributed by atoms with Gasteiger partial charge in [-0.3, -0.25) is 14.5 Å². The van der Waals surface area contributed by atoms with Gasteiger partial charge in [-0.05, 0) is 62.3 Å². The SMILES string of the molecule is C=C1CCC(N2Cc3cc(O[C@@H]4CCCC4N4CCC(O)C4)ccc3C2=O)C(=O)N1. The van der Waals surface area contributed by atoms with Crippen molar-refractivity contribution in [2.45, 2.75) is 69.4 Å². The molecule has 3 aliphatic heterocycles. The average Bonchev–Trinajstić information content (AvgIpc) is 3.41. The van der Waals surface area contributed by atoms with Crippen LogP contribution in [0, 0.1) is 0 Å². The van der Waals surface area contributed by atoms with E-state index in [1.807, 2.05) is 18.2 Å². The predicted molar refractivity (Wildman–Crippen MR) is 111 cm³/mol. The number of hydrogen-bond acceptors (Lipinski definition) is 5. The number of hydrogen-bond donors (Lipinski definition) is 2. The summed E-state index contributed by atoms with van der Waals surface area (Å²) < 4.78 is 6.37. The molecule has 30 heavy (non-hydrogen) atoms. The second-order valence-electron chi connectivity index (χ2n) is 8.99. The van der Waals surface area contributed by atoms with E-state index >= 15 is 0 Å². The first kappa shape index (κ1) is 19.6. The molecule has 3 fully saturated rings. The number of amides is 2. The van der Waals surface area contributed by atoms with Crippen LogP contribution in [0.3, 0.4) is 0 Å². The van der Waals surface area contributed by atoms with Crippen molar-refractivity contribution in [2.24, 2.45) is 0 Å². The topological polar surface area (TPSA) is 82.1 Å². The number of allylic oxidation sites excluding steroid dienone is 1. The summed E-state index contributed by atoms with van der Waals surface area (Å²) in [6.07, 6.45) is 5.25. The molecule has 1 aromatic carbocycles. The quantitative estimate of drug-likeness (QED) is 0.790. The van der Waals surface area contributed by atoms with Gasteiger partial charge in [0.15, 0.2) is 0 Å². The van der Waals surface area contributed by atoms with Crippen LogP contribution in [-0.2, 0) is 11.3 Å².